The van der Waals surface area contributed by atoms with Gasteiger partial charge in [-0.3, -0.25) is 4.79 Å². The van der Waals surface area contributed by atoms with E-state index in [-0.39, 0.29) is 12.7 Å². The second kappa shape index (κ2) is 5.89. The van der Waals surface area contributed by atoms with Crippen LogP contribution in [0.5, 0.6) is 11.5 Å². The molecule has 2 heterocycles. The number of aryl methyl sites for hydroxylation is 1. The van der Waals surface area contributed by atoms with Crippen molar-refractivity contribution >= 4 is 17.2 Å². The largest absolute Gasteiger partial charge is 0.454 e. The van der Waals surface area contributed by atoms with Crippen molar-refractivity contribution in [1.29, 1.82) is 0 Å². The van der Waals surface area contributed by atoms with Crippen LogP contribution in [0, 0.1) is 5.92 Å². The average molecular weight is 329 g/mol. The molecule has 4 nitrogen and oxygen atoms in total. The Morgan fingerprint density at radius 3 is 3.09 bits per heavy atom. The summed E-state index contributed by atoms with van der Waals surface area (Å²) in [7, 11) is 0. The van der Waals surface area contributed by atoms with Gasteiger partial charge in [0.15, 0.2) is 11.5 Å². The van der Waals surface area contributed by atoms with E-state index < -0.39 is 0 Å². The monoisotopic (exact) mass is 329 g/mol. The fourth-order valence-electron chi connectivity index (χ4n) is 3.14. The summed E-state index contributed by atoms with van der Waals surface area (Å²) in [5.74, 6) is 2.24. The van der Waals surface area contributed by atoms with Crippen LogP contribution in [-0.2, 0) is 19.4 Å². The van der Waals surface area contributed by atoms with Gasteiger partial charge in [0.1, 0.15) is 0 Å². The van der Waals surface area contributed by atoms with Crippen LogP contribution in [-0.4, -0.2) is 12.7 Å². The molecule has 5 heteroatoms. The second-order valence-corrected chi connectivity index (χ2v) is 7.41. The summed E-state index contributed by atoms with van der Waals surface area (Å²) in [6, 6.07) is 7.83. The summed E-state index contributed by atoms with van der Waals surface area (Å²) in [5.41, 5.74) is 2.37. The van der Waals surface area contributed by atoms with E-state index in [1.54, 1.807) is 11.3 Å². The number of benzene rings is 1. The summed E-state index contributed by atoms with van der Waals surface area (Å²) in [6.07, 6.45) is 3.43. The van der Waals surface area contributed by atoms with Crippen LogP contribution >= 0.6 is 11.3 Å². The Kier molecular flexibility index (Phi) is 3.73. The van der Waals surface area contributed by atoms with Gasteiger partial charge in [0.25, 0.3) is 5.91 Å². The van der Waals surface area contributed by atoms with Crippen LogP contribution < -0.4 is 14.8 Å². The Morgan fingerprint density at radius 1 is 1.30 bits per heavy atom. The zero-order chi connectivity index (χ0) is 15.8. The van der Waals surface area contributed by atoms with Gasteiger partial charge in [-0.2, -0.15) is 0 Å². The lowest BCUT2D eigenvalue weighted by atomic mass is 9.90. The van der Waals surface area contributed by atoms with Gasteiger partial charge in [-0.15, -0.1) is 11.3 Å². The normalized spacial score (nSPS) is 18.6. The van der Waals surface area contributed by atoms with E-state index in [0.29, 0.717) is 6.54 Å². The second-order valence-electron chi connectivity index (χ2n) is 6.28. The third kappa shape index (κ3) is 2.93. The van der Waals surface area contributed by atoms with Crippen LogP contribution in [0.1, 0.15) is 39.0 Å². The minimum atomic E-state index is 0.00900. The number of thiophene rings is 1. The van der Waals surface area contributed by atoms with Gasteiger partial charge < -0.3 is 14.8 Å². The predicted octanol–water partition coefficient (Wildman–Crippen LogP) is 3.53. The van der Waals surface area contributed by atoms with Crippen LogP contribution in [0.4, 0.5) is 0 Å². The molecule has 23 heavy (non-hydrogen) atoms. The van der Waals surface area contributed by atoms with E-state index in [9.17, 15) is 4.79 Å². The van der Waals surface area contributed by atoms with Gasteiger partial charge in [0, 0.05) is 11.4 Å². The molecule has 0 unspecified atom stereocenters. The van der Waals surface area contributed by atoms with E-state index in [1.807, 2.05) is 18.2 Å². The average Bonchev–Trinajstić information content (AvgIpc) is 3.17. The molecule has 1 aliphatic heterocycles. The Hall–Kier alpha value is -2.01. The zero-order valence-electron chi connectivity index (χ0n) is 13.1. The lowest BCUT2D eigenvalue weighted by molar-refractivity contribution is 0.0955. The van der Waals surface area contributed by atoms with Gasteiger partial charge in [0.05, 0.1) is 4.88 Å². The van der Waals surface area contributed by atoms with Crippen LogP contribution in [0.25, 0.3) is 0 Å². The van der Waals surface area contributed by atoms with Gasteiger partial charge in [0.2, 0.25) is 6.79 Å². The molecule has 2 aliphatic rings. The van der Waals surface area contributed by atoms with E-state index in [0.717, 1.165) is 40.7 Å². The number of fused-ring (bicyclic) bond motifs is 2. The summed E-state index contributed by atoms with van der Waals surface area (Å²) in [6.45, 7) is 3.04. The summed E-state index contributed by atoms with van der Waals surface area (Å²) >= 11 is 1.64. The first-order valence-corrected chi connectivity index (χ1v) is 8.79. The highest BCUT2D eigenvalue weighted by atomic mass is 32.1. The molecule has 120 valence electrons. The first-order chi connectivity index (χ1) is 11.2. The maximum atomic E-state index is 12.4. The molecular weight excluding hydrogens is 310 g/mol. The quantitative estimate of drug-likeness (QED) is 0.937. The number of amides is 1. The van der Waals surface area contributed by atoms with Crippen LogP contribution in [0.2, 0.25) is 0 Å². The van der Waals surface area contributed by atoms with Gasteiger partial charge >= 0.3 is 0 Å². The molecule has 1 aromatic carbocycles. The van der Waals surface area contributed by atoms with Crippen LogP contribution in [0.15, 0.2) is 24.3 Å². The molecule has 0 spiro atoms. The molecule has 0 saturated heterocycles. The number of hydrogen-bond donors (Lipinski definition) is 1. The zero-order valence-corrected chi connectivity index (χ0v) is 13.9. The molecule has 2 aromatic rings. The summed E-state index contributed by atoms with van der Waals surface area (Å²) in [4.78, 5) is 14.6. The van der Waals surface area contributed by atoms with E-state index in [4.69, 9.17) is 9.47 Å². The van der Waals surface area contributed by atoms with E-state index in [1.165, 1.54) is 16.9 Å². The third-order valence-corrected chi connectivity index (χ3v) is 5.68. The van der Waals surface area contributed by atoms with Crippen molar-refractivity contribution in [3.63, 3.8) is 0 Å². The van der Waals surface area contributed by atoms with E-state index in [2.05, 4.69) is 18.3 Å². The first kappa shape index (κ1) is 14.6. The van der Waals surface area contributed by atoms with Crippen molar-refractivity contribution < 1.29 is 14.3 Å². The number of ether oxygens (including phenoxy) is 2. The fourth-order valence-corrected chi connectivity index (χ4v) is 4.26. The van der Waals surface area contributed by atoms with Gasteiger partial charge in [-0.1, -0.05) is 13.0 Å². The van der Waals surface area contributed by atoms with Gasteiger partial charge in [-0.05, 0) is 54.5 Å². The molecule has 1 aromatic heterocycles. The molecule has 0 fully saturated rings. The molecular formula is C18H19NO3S. The Balaban J connectivity index is 1.42. The Bertz CT molecular complexity index is 753. The lowest BCUT2D eigenvalue weighted by Crippen LogP contribution is -2.21. The molecule has 4 rings (SSSR count). The number of nitrogens with one attached hydrogen (secondary N) is 1. The number of carbonyl (C=O) groups excluding carboxylic acids is 1. The van der Waals surface area contributed by atoms with Crippen LogP contribution in [0.3, 0.4) is 0 Å². The van der Waals surface area contributed by atoms with Gasteiger partial charge in [-0.25, -0.2) is 0 Å². The topological polar surface area (TPSA) is 47.6 Å². The Labute approximate surface area is 139 Å². The third-order valence-electron chi connectivity index (χ3n) is 4.44. The standard InChI is InChI=1S/C18H19NO3S/c1-11-2-5-16-13(6-11)8-17(23-16)18(20)19-9-12-3-4-14-15(7-12)22-10-21-14/h3-4,7-8,11H,2,5-6,9-10H2,1H3,(H,19,20)/t11-/m0/s1. The van der Waals surface area contributed by atoms with Crippen molar-refractivity contribution in [1.82, 2.24) is 5.32 Å². The highest BCUT2D eigenvalue weighted by Crippen LogP contribution is 2.33. The van der Waals surface area contributed by atoms with Crippen molar-refractivity contribution in [2.45, 2.75) is 32.7 Å². The molecule has 1 atom stereocenters. The van der Waals surface area contributed by atoms with Crippen molar-refractivity contribution in [3.8, 4) is 11.5 Å². The number of carbonyl (C=O) groups is 1. The molecule has 0 saturated carbocycles. The lowest BCUT2D eigenvalue weighted by Gasteiger charge is -2.16. The Morgan fingerprint density at radius 2 is 2.17 bits per heavy atom. The number of hydrogen-bond acceptors (Lipinski definition) is 4. The van der Waals surface area contributed by atoms with Crippen molar-refractivity contribution in [3.05, 3.63) is 45.1 Å². The maximum absolute atomic E-state index is 12.4. The van der Waals surface area contributed by atoms with Crippen molar-refractivity contribution in [2.24, 2.45) is 5.92 Å². The SMILES string of the molecule is C[C@H]1CCc2sc(C(=O)NCc3ccc4c(c3)OCO4)cc2C1. The molecule has 0 radical (unpaired) electrons. The summed E-state index contributed by atoms with van der Waals surface area (Å²) < 4.78 is 10.7. The smallest absolute Gasteiger partial charge is 0.261 e. The van der Waals surface area contributed by atoms with E-state index >= 15 is 0 Å². The minimum Gasteiger partial charge on any atom is -0.454 e. The molecule has 1 amide bonds. The molecule has 0 bridgehead atoms. The fraction of sp³-hybridized carbons (Fsp3) is 0.389. The predicted molar refractivity (Wildman–Crippen MR) is 89.2 cm³/mol. The first-order valence-electron chi connectivity index (χ1n) is 7.97. The highest BCUT2D eigenvalue weighted by Gasteiger charge is 2.20. The van der Waals surface area contributed by atoms with Crippen molar-refractivity contribution in [2.75, 3.05) is 6.79 Å². The highest BCUT2D eigenvalue weighted by molar-refractivity contribution is 7.14. The summed E-state index contributed by atoms with van der Waals surface area (Å²) in [5, 5.41) is 3.00. The molecule has 1 N–H and O–H groups in total. The molecule has 1 aliphatic carbocycles. The number of rotatable bonds is 3. The maximum Gasteiger partial charge on any atom is 0.261 e. The minimum absolute atomic E-state index is 0.00900.